The third-order valence-corrected chi connectivity index (χ3v) is 4.95. The summed E-state index contributed by atoms with van der Waals surface area (Å²) in [7, 11) is 0. The fourth-order valence-electron chi connectivity index (χ4n) is 3.33. The Hall–Kier alpha value is -3.25. The molecule has 2 heterocycles. The maximum atomic E-state index is 12.8. The second kappa shape index (κ2) is 8.63. The Morgan fingerprint density at radius 1 is 1.00 bits per heavy atom. The van der Waals surface area contributed by atoms with E-state index < -0.39 is 0 Å². The van der Waals surface area contributed by atoms with Crippen molar-refractivity contribution in [3.05, 3.63) is 78.1 Å². The van der Waals surface area contributed by atoms with Gasteiger partial charge in [0.2, 0.25) is 0 Å². The topological polar surface area (TPSA) is 65.1 Å². The molecule has 0 spiro atoms. The van der Waals surface area contributed by atoms with Crippen LogP contribution in [0.25, 0.3) is 17.5 Å². The van der Waals surface area contributed by atoms with Crippen molar-refractivity contribution in [3.63, 3.8) is 0 Å². The lowest BCUT2D eigenvalue weighted by molar-refractivity contribution is 0.0650. The van der Waals surface area contributed by atoms with Gasteiger partial charge in [0.15, 0.2) is 5.82 Å². The summed E-state index contributed by atoms with van der Waals surface area (Å²) in [4.78, 5) is 21.2. The molecule has 142 valence electrons. The molecule has 0 bridgehead atoms. The number of carbonyl (C=O) groups excluding carboxylic acids is 1. The fourth-order valence-corrected chi connectivity index (χ4v) is 3.33. The highest BCUT2D eigenvalue weighted by atomic mass is 16.2. The zero-order chi connectivity index (χ0) is 19.2. The summed E-state index contributed by atoms with van der Waals surface area (Å²) in [5.74, 6) is 0.791. The van der Waals surface area contributed by atoms with Gasteiger partial charge in [-0.25, -0.2) is 4.98 Å². The van der Waals surface area contributed by atoms with Crippen LogP contribution in [-0.4, -0.2) is 63.6 Å². The van der Waals surface area contributed by atoms with Gasteiger partial charge >= 0.3 is 0 Å². The maximum Gasteiger partial charge on any atom is 0.253 e. The van der Waals surface area contributed by atoms with E-state index in [-0.39, 0.29) is 5.91 Å². The first-order valence-corrected chi connectivity index (χ1v) is 9.48. The van der Waals surface area contributed by atoms with Crippen LogP contribution in [0, 0.1) is 0 Å². The first kappa shape index (κ1) is 18.1. The summed E-state index contributed by atoms with van der Waals surface area (Å²) < 4.78 is 0. The lowest BCUT2D eigenvalue weighted by Gasteiger charge is -2.34. The summed E-state index contributed by atoms with van der Waals surface area (Å²) in [6.45, 7) is 4.19. The molecule has 28 heavy (non-hydrogen) atoms. The Morgan fingerprint density at radius 2 is 1.75 bits per heavy atom. The predicted molar refractivity (Wildman–Crippen MR) is 110 cm³/mol. The van der Waals surface area contributed by atoms with Crippen molar-refractivity contribution in [1.29, 1.82) is 0 Å². The number of aromatic amines is 1. The minimum absolute atomic E-state index is 0.0867. The number of carbonyl (C=O) groups is 1. The Bertz CT molecular complexity index is 911. The molecule has 6 nitrogen and oxygen atoms in total. The normalized spacial score (nSPS) is 15.2. The van der Waals surface area contributed by atoms with Crippen LogP contribution >= 0.6 is 0 Å². The van der Waals surface area contributed by atoms with Crippen molar-refractivity contribution >= 4 is 12.0 Å². The van der Waals surface area contributed by atoms with E-state index in [9.17, 15) is 4.79 Å². The highest BCUT2D eigenvalue weighted by Gasteiger charge is 2.21. The molecule has 6 heteroatoms. The predicted octanol–water partition coefficient (Wildman–Crippen LogP) is 2.94. The molecule has 0 unspecified atom stereocenters. The molecular weight excluding hydrogens is 350 g/mol. The van der Waals surface area contributed by atoms with Crippen LogP contribution in [-0.2, 0) is 0 Å². The largest absolute Gasteiger partial charge is 0.336 e. The lowest BCUT2D eigenvalue weighted by Crippen LogP contribution is -2.48. The Morgan fingerprint density at radius 3 is 2.43 bits per heavy atom. The summed E-state index contributed by atoms with van der Waals surface area (Å²) in [5, 5.41) is 6.68. The van der Waals surface area contributed by atoms with Crippen LogP contribution in [0.15, 0.2) is 67.0 Å². The summed E-state index contributed by atoms with van der Waals surface area (Å²) in [6, 6.07) is 17.8. The maximum absolute atomic E-state index is 12.8. The number of piperazine rings is 1. The number of benzene rings is 2. The number of hydrogen-bond donors (Lipinski definition) is 1. The van der Waals surface area contributed by atoms with Gasteiger partial charge in [-0.2, -0.15) is 5.10 Å². The molecule has 1 saturated heterocycles. The van der Waals surface area contributed by atoms with Gasteiger partial charge in [0.25, 0.3) is 5.91 Å². The third-order valence-electron chi connectivity index (χ3n) is 4.95. The van der Waals surface area contributed by atoms with E-state index in [1.54, 1.807) is 0 Å². The molecule has 1 amide bonds. The van der Waals surface area contributed by atoms with Gasteiger partial charge in [-0.05, 0) is 17.7 Å². The van der Waals surface area contributed by atoms with E-state index in [2.05, 4.69) is 44.4 Å². The molecule has 1 aliphatic heterocycles. The molecule has 1 aliphatic rings. The number of nitrogens with zero attached hydrogens (tertiary/aromatic N) is 4. The van der Waals surface area contributed by atoms with Crippen LogP contribution in [0.1, 0.15) is 15.9 Å². The van der Waals surface area contributed by atoms with E-state index in [1.807, 2.05) is 47.4 Å². The average Bonchev–Trinajstić information content (AvgIpc) is 3.30. The molecule has 0 atom stereocenters. The number of hydrogen-bond acceptors (Lipinski definition) is 4. The molecular formula is C22H23N5O. The van der Waals surface area contributed by atoms with Crippen LogP contribution in [0.3, 0.4) is 0 Å². The molecule has 1 aromatic heterocycles. The molecule has 0 aliphatic carbocycles. The second-order valence-electron chi connectivity index (χ2n) is 6.82. The summed E-state index contributed by atoms with van der Waals surface area (Å²) in [6.07, 6.45) is 5.81. The van der Waals surface area contributed by atoms with Crippen LogP contribution in [0.2, 0.25) is 0 Å². The molecule has 3 aromatic rings. The van der Waals surface area contributed by atoms with Gasteiger partial charge < -0.3 is 4.90 Å². The van der Waals surface area contributed by atoms with Gasteiger partial charge in [0.1, 0.15) is 6.33 Å². The van der Waals surface area contributed by atoms with Gasteiger partial charge in [-0.3, -0.25) is 14.8 Å². The summed E-state index contributed by atoms with van der Waals surface area (Å²) >= 11 is 0. The Balaban J connectivity index is 1.28. The second-order valence-corrected chi connectivity index (χ2v) is 6.82. The monoisotopic (exact) mass is 373 g/mol. The first-order chi connectivity index (χ1) is 13.8. The number of rotatable bonds is 5. The number of nitrogens with one attached hydrogen (secondary N) is 1. The van der Waals surface area contributed by atoms with Crippen molar-refractivity contribution in [1.82, 2.24) is 25.0 Å². The molecule has 0 radical (unpaired) electrons. The minimum atomic E-state index is 0.0867. The average molecular weight is 373 g/mol. The first-order valence-electron chi connectivity index (χ1n) is 9.48. The molecule has 4 rings (SSSR count). The van der Waals surface area contributed by atoms with E-state index in [1.165, 1.54) is 11.9 Å². The van der Waals surface area contributed by atoms with Crippen molar-refractivity contribution in [3.8, 4) is 11.4 Å². The fraction of sp³-hybridized carbons (Fsp3) is 0.227. The quantitative estimate of drug-likeness (QED) is 0.747. The van der Waals surface area contributed by atoms with Crippen molar-refractivity contribution in [2.45, 2.75) is 0 Å². The SMILES string of the molecule is O=C(c1ccc(-c2ncn[nH]2)cc1)N1CCN(CC=Cc2ccccc2)CC1. The molecule has 1 N–H and O–H groups in total. The highest BCUT2D eigenvalue weighted by molar-refractivity contribution is 5.94. The Kier molecular flexibility index (Phi) is 5.58. The standard InChI is InChI=1S/C22H23N5O/c28-22(20-10-8-19(9-11-20)21-23-17-24-25-21)27-15-13-26(14-16-27)12-4-7-18-5-2-1-3-6-18/h1-11,17H,12-16H2,(H,23,24,25). The van der Waals surface area contributed by atoms with E-state index >= 15 is 0 Å². The van der Waals surface area contributed by atoms with Gasteiger partial charge in [-0.15, -0.1) is 0 Å². The van der Waals surface area contributed by atoms with Crippen LogP contribution in [0.5, 0.6) is 0 Å². The van der Waals surface area contributed by atoms with Gasteiger partial charge in [-0.1, -0.05) is 54.6 Å². The lowest BCUT2D eigenvalue weighted by atomic mass is 10.1. The van der Waals surface area contributed by atoms with Crippen LogP contribution in [0.4, 0.5) is 0 Å². The minimum Gasteiger partial charge on any atom is -0.336 e. The van der Waals surface area contributed by atoms with E-state index in [4.69, 9.17) is 0 Å². The zero-order valence-corrected chi connectivity index (χ0v) is 15.7. The van der Waals surface area contributed by atoms with Crippen LogP contribution < -0.4 is 0 Å². The van der Waals surface area contributed by atoms with Crippen molar-refractivity contribution in [2.75, 3.05) is 32.7 Å². The molecule has 0 saturated carbocycles. The van der Waals surface area contributed by atoms with Crippen molar-refractivity contribution in [2.24, 2.45) is 0 Å². The third kappa shape index (κ3) is 4.35. The molecule has 1 fully saturated rings. The van der Waals surface area contributed by atoms with Gasteiger partial charge in [0, 0.05) is 43.9 Å². The number of amides is 1. The van der Waals surface area contributed by atoms with E-state index in [0.717, 1.165) is 38.3 Å². The molecule has 2 aromatic carbocycles. The smallest absolute Gasteiger partial charge is 0.253 e. The van der Waals surface area contributed by atoms with E-state index in [0.29, 0.717) is 11.4 Å². The zero-order valence-electron chi connectivity index (χ0n) is 15.7. The van der Waals surface area contributed by atoms with Crippen molar-refractivity contribution < 1.29 is 4.79 Å². The highest BCUT2D eigenvalue weighted by Crippen LogP contribution is 2.16. The summed E-state index contributed by atoms with van der Waals surface area (Å²) in [5.41, 5.74) is 2.84. The van der Waals surface area contributed by atoms with Gasteiger partial charge in [0.05, 0.1) is 0 Å². The Labute approximate surface area is 164 Å². The number of aromatic nitrogens is 3. The number of H-pyrrole nitrogens is 1.